The number of ketones is 1. The second-order valence-electron chi connectivity index (χ2n) is 2.34. The summed E-state index contributed by atoms with van der Waals surface area (Å²) in [5.41, 5.74) is 0.304. The van der Waals surface area contributed by atoms with Gasteiger partial charge in [-0.2, -0.15) is 0 Å². The number of rotatable bonds is 2. The molecule has 0 saturated carbocycles. The molecule has 1 aromatic rings. The monoisotopic (exact) mass is 370 g/mol. The van der Waals surface area contributed by atoms with Crippen LogP contribution in [-0.2, 0) is 0 Å². The molecule has 0 aliphatic rings. The third-order valence-corrected chi connectivity index (χ3v) is 3.02. The lowest BCUT2D eigenvalue weighted by Gasteiger charge is -2.04. The number of benzene rings is 1. The van der Waals surface area contributed by atoms with Crippen molar-refractivity contribution in [2.24, 2.45) is 0 Å². The Morgan fingerprint density at radius 1 is 1.38 bits per heavy atom. The van der Waals surface area contributed by atoms with Gasteiger partial charge in [-0.15, -0.1) is 0 Å². The molecule has 0 amide bonds. The Labute approximate surface area is 101 Å². The number of carbonyl (C=O) groups excluding carboxylic acids is 1. The molecule has 0 spiro atoms. The SMILES string of the molecule is O=C(CBr)c1cc(Br)cc(Br)c1O. The van der Waals surface area contributed by atoms with E-state index in [9.17, 15) is 9.90 Å². The minimum Gasteiger partial charge on any atom is -0.506 e. The standard InChI is InChI=1S/C8H5Br3O2/c9-3-7(12)5-1-4(10)2-6(11)8(5)13/h1-2,13H,3H2. The Morgan fingerprint density at radius 2 is 2.00 bits per heavy atom. The van der Waals surface area contributed by atoms with Gasteiger partial charge in [0.15, 0.2) is 5.78 Å². The highest BCUT2D eigenvalue weighted by molar-refractivity contribution is 9.11. The molecule has 0 fully saturated rings. The first-order valence-corrected chi connectivity index (χ1v) is 6.04. The normalized spacial score (nSPS) is 10.1. The van der Waals surface area contributed by atoms with Gasteiger partial charge in [-0.3, -0.25) is 4.79 Å². The summed E-state index contributed by atoms with van der Waals surface area (Å²) in [6.45, 7) is 0. The smallest absolute Gasteiger partial charge is 0.177 e. The summed E-state index contributed by atoms with van der Waals surface area (Å²) in [7, 11) is 0. The lowest BCUT2D eigenvalue weighted by atomic mass is 10.1. The Balaban J connectivity index is 3.28. The molecule has 0 saturated heterocycles. The molecular weight excluding hydrogens is 368 g/mol. The molecule has 0 aliphatic carbocycles. The second kappa shape index (κ2) is 4.57. The summed E-state index contributed by atoms with van der Waals surface area (Å²) >= 11 is 9.43. The quantitative estimate of drug-likeness (QED) is 0.637. The van der Waals surface area contributed by atoms with E-state index in [2.05, 4.69) is 47.8 Å². The Bertz CT molecular complexity index is 349. The minimum atomic E-state index is -0.153. The molecule has 0 bridgehead atoms. The van der Waals surface area contributed by atoms with Crippen LogP contribution in [0, 0.1) is 0 Å². The fourth-order valence-electron chi connectivity index (χ4n) is 0.851. The predicted octanol–water partition coefficient (Wildman–Crippen LogP) is 3.49. The van der Waals surface area contributed by atoms with Gasteiger partial charge in [0.05, 0.1) is 15.4 Å². The molecular formula is C8H5Br3O2. The van der Waals surface area contributed by atoms with Crippen molar-refractivity contribution in [3.05, 3.63) is 26.6 Å². The van der Waals surface area contributed by atoms with E-state index in [1.807, 2.05) is 0 Å². The number of halogens is 3. The third kappa shape index (κ3) is 2.54. The van der Waals surface area contributed by atoms with Gasteiger partial charge in [-0.25, -0.2) is 0 Å². The molecule has 70 valence electrons. The van der Waals surface area contributed by atoms with Crippen LogP contribution in [0.2, 0.25) is 0 Å². The number of aromatic hydroxyl groups is 1. The van der Waals surface area contributed by atoms with Crippen molar-refractivity contribution in [2.75, 3.05) is 5.33 Å². The highest BCUT2D eigenvalue weighted by Crippen LogP contribution is 2.32. The van der Waals surface area contributed by atoms with Crippen molar-refractivity contribution in [3.8, 4) is 5.75 Å². The molecule has 0 aliphatic heterocycles. The zero-order valence-corrected chi connectivity index (χ0v) is 11.1. The largest absolute Gasteiger partial charge is 0.506 e. The molecule has 0 aromatic heterocycles. The van der Waals surface area contributed by atoms with E-state index in [1.165, 1.54) is 0 Å². The summed E-state index contributed by atoms with van der Waals surface area (Å²) in [4.78, 5) is 11.3. The fourth-order valence-corrected chi connectivity index (χ4v) is 2.38. The van der Waals surface area contributed by atoms with Crippen LogP contribution >= 0.6 is 47.8 Å². The van der Waals surface area contributed by atoms with Crippen LogP contribution in [0.1, 0.15) is 10.4 Å². The van der Waals surface area contributed by atoms with Gasteiger partial charge in [0.25, 0.3) is 0 Å². The number of phenolic OH excluding ortho intramolecular Hbond substituents is 1. The van der Waals surface area contributed by atoms with E-state index in [-0.39, 0.29) is 16.9 Å². The maximum Gasteiger partial charge on any atom is 0.177 e. The zero-order chi connectivity index (χ0) is 10.0. The first kappa shape index (κ1) is 11.2. The fraction of sp³-hybridized carbons (Fsp3) is 0.125. The van der Waals surface area contributed by atoms with Crippen LogP contribution in [0.25, 0.3) is 0 Å². The average Bonchev–Trinajstić information content (AvgIpc) is 2.10. The highest BCUT2D eigenvalue weighted by atomic mass is 79.9. The summed E-state index contributed by atoms with van der Waals surface area (Å²) in [5, 5.41) is 9.71. The third-order valence-electron chi connectivity index (χ3n) is 1.45. The molecule has 1 N–H and O–H groups in total. The van der Waals surface area contributed by atoms with Crippen LogP contribution in [0.3, 0.4) is 0 Å². The van der Waals surface area contributed by atoms with E-state index in [0.717, 1.165) is 4.47 Å². The summed E-state index contributed by atoms with van der Waals surface area (Å²) in [6, 6.07) is 3.27. The van der Waals surface area contributed by atoms with Crippen molar-refractivity contribution >= 4 is 53.6 Å². The van der Waals surface area contributed by atoms with Crippen molar-refractivity contribution in [2.45, 2.75) is 0 Å². The topological polar surface area (TPSA) is 37.3 Å². The number of phenols is 1. The summed E-state index contributed by atoms with van der Waals surface area (Å²) in [5.74, 6) is -0.174. The van der Waals surface area contributed by atoms with Gasteiger partial charge in [0.1, 0.15) is 5.75 Å². The average molecular weight is 373 g/mol. The maximum absolute atomic E-state index is 11.3. The zero-order valence-electron chi connectivity index (χ0n) is 6.35. The van der Waals surface area contributed by atoms with Crippen molar-refractivity contribution in [3.63, 3.8) is 0 Å². The number of alkyl halides is 1. The van der Waals surface area contributed by atoms with Crippen LogP contribution in [0.15, 0.2) is 21.1 Å². The number of Topliss-reactive ketones (excluding diaryl/α,β-unsaturated/α-hetero) is 1. The first-order chi connectivity index (χ1) is 6.06. The number of carbonyl (C=O) groups is 1. The first-order valence-electron chi connectivity index (χ1n) is 3.33. The molecule has 0 radical (unpaired) electrons. The van der Waals surface area contributed by atoms with E-state index in [0.29, 0.717) is 10.0 Å². The second-order valence-corrected chi connectivity index (χ2v) is 4.67. The molecule has 0 heterocycles. The van der Waals surface area contributed by atoms with Crippen molar-refractivity contribution in [1.82, 2.24) is 0 Å². The molecule has 5 heteroatoms. The van der Waals surface area contributed by atoms with Gasteiger partial charge in [-0.05, 0) is 28.1 Å². The maximum atomic E-state index is 11.3. The minimum absolute atomic E-state index is 0.0207. The lowest BCUT2D eigenvalue weighted by molar-refractivity contribution is 0.102. The molecule has 0 unspecified atom stereocenters. The Hall–Kier alpha value is 0.130. The molecule has 1 aromatic carbocycles. The lowest BCUT2D eigenvalue weighted by Crippen LogP contribution is -2.00. The van der Waals surface area contributed by atoms with Crippen molar-refractivity contribution in [1.29, 1.82) is 0 Å². The van der Waals surface area contributed by atoms with Gasteiger partial charge >= 0.3 is 0 Å². The van der Waals surface area contributed by atoms with E-state index in [1.54, 1.807) is 12.1 Å². The molecule has 0 atom stereocenters. The van der Waals surface area contributed by atoms with E-state index < -0.39 is 0 Å². The van der Waals surface area contributed by atoms with Crippen LogP contribution in [-0.4, -0.2) is 16.2 Å². The number of hydrogen-bond donors (Lipinski definition) is 1. The summed E-state index contributed by atoms with van der Waals surface area (Å²) < 4.78 is 1.26. The summed E-state index contributed by atoms with van der Waals surface area (Å²) in [6.07, 6.45) is 0. The van der Waals surface area contributed by atoms with Crippen LogP contribution in [0.5, 0.6) is 5.75 Å². The Kier molecular flexibility index (Phi) is 3.94. The predicted molar refractivity (Wildman–Crippen MR) is 61.6 cm³/mol. The highest BCUT2D eigenvalue weighted by Gasteiger charge is 2.13. The molecule has 13 heavy (non-hydrogen) atoms. The van der Waals surface area contributed by atoms with Gasteiger partial charge in [0, 0.05) is 4.47 Å². The van der Waals surface area contributed by atoms with Gasteiger partial charge in [0.2, 0.25) is 0 Å². The van der Waals surface area contributed by atoms with Gasteiger partial charge < -0.3 is 5.11 Å². The van der Waals surface area contributed by atoms with E-state index >= 15 is 0 Å². The number of hydrogen-bond acceptors (Lipinski definition) is 2. The Morgan fingerprint density at radius 3 is 2.54 bits per heavy atom. The molecule has 2 nitrogen and oxygen atoms in total. The van der Waals surface area contributed by atoms with Crippen molar-refractivity contribution < 1.29 is 9.90 Å². The molecule has 1 rings (SSSR count). The van der Waals surface area contributed by atoms with Crippen LogP contribution < -0.4 is 0 Å². The van der Waals surface area contributed by atoms with E-state index in [4.69, 9.17) is 0 Å². The van der Waals surface area contributed by atoms with Crippen LogP contribution in [0.4, 0.5) is 0 Å². The van der Waals surface area contributed by atoms with Gasteiger partial charge in [-0.1, -0.05) is 31.9 Å².